The minimum absolute atomic E-state index is 0.0896. The first-order valence-electron chi connectivity index (χ1n) is 7.05. The number of aromatic nitrogens is 3. The van der Waals surface area contributed by atoms with Gasteiger partial charge in [0, 0.05) is 23.2 Å². The Hall–Kier alpha value is -2.60. The van der Waals surface area contributed by atoms with Gasteiger partial charge in [-0.3, -0.25) is 4.79 Å². The quantitative estimate of drug-likeness (QED) is 0.747. The van der Waals surface area contributed by atoms with E-state index in [0.717, 1.165) is 16.6 Å². The van der Waals surface area contributed by atoms with Gasteiger partial charge < -0.3 is 14.8 Å². The molecule has 0 aliphatic carbocycles. The summed E-state index contributed by atoms with van der Waals surface area (Å²) in [5.74, 6) is 0.697. The second kappa shape index (κ2) is 6.03. The maximum Gasteiger partial charge on any atom is 0.266 e. The molecule has 0 radical (unpaired) electrons. The van der Waals surface area contributed by atoms with Gasteiger partial charge >= 0.3 is 0 Å². The topological polar surface area (TPSA) is 80.1 Å². The van der Waals surface area contributed by atoms with E-state index < -0.39 is 6.10 Å². The lowest BCUT2D eigenvalue weighted by Crippen LogP contribution is -2.31. The van der Waals surface area contributed by atoms with Gasteiger partial charge in [0.05, 0.1) is 12.2 Å². The Morgan fingerprint density at radius 2 is 2.18 bits per heavy atom. The zero-order chi connectivity index (χ0) is 15.5. The number of aryl methyl sites for hydroxylation is 1. The highest BCUT2D eigenvalue weighted by atomic mass is 16.5. The van der Waals surface area contributed by atoms with Crippen molar-refractivity contribution >= 4 is 10.9 Å². The lowest BCUT2D eigenvalue weighted by Gasteiger charge is -2.14. The van der Waals surface area contributed by atoms with Crippen LogP contribution in [0.5, 0.6) is 5.75 Å². The molecule has 0 aliphatic rings. The highest BCUT2D eigenvalue weighted by Gasteiger charge is 2.10. The van der Waals surface area contributed by atoms with E-state index in [0.29, 0.717) is 5.75 Å². The van der Waals surface area contributed by atoms with Crippen LogP contribution in [0.3, 0.4) is 0 Å². The minimum atomic E-state index is -0.818. The van der Waals surface area contributed by atoms with Crippen molar-refractivity contribution < 1.29 is 9.84 Å². The maximum atomic E-state index is 11.7. The number of hydrogen-bond acceptors (Lipinski definition) is 4. The van der Waals surface area contributed by atoms with E-state index in [1.165, 1.54) is 10.7 Å². The van der Waals surface area contributed by atoms with E-state index in [9.17, 15) is 9.90 Å². The lowest BCUT2D eigenvalue weighted by atomic mass is 10.2. The Balaban J connectivity index is 1.67. The molecular weight excluding hydrogens is 282 g/mol. The molecule has 2 aromatic heterocycles. The predicted molar refractivity (Wildman–Crippen MR) is 83.0 cm³/mol. The highest BCUT2D eigenvalue weighted by molar-refractivity contribution is 5.85. The molecular formula is C16H17N3O3. The Morgan fingerprint density at radius 1 is 1.32 bits per heavy atom. The molecule has 3 aromatic rings. The number of aliphatic hydroxyl groups is 1. The molecule has 6 heteroatoms. The molecule has 2 N–H and O–H groups in total. The maximum absolute atomic E-state index is 11.7. The van der Waals surface area contributed by atoms with Crippen molar-refractivity contribution in [2.45, 2.75) is 19.6 Å². The molecule has 1 atom stereocenters. The molecule has 114 valence electrons. The monoisotopic (exact) mass is 299 g/mol. The van der Waals surface area contributed by atoms with Crippen LogP contribution in [0.4, 0.5) is 0 Å². The number of ether oxygens (including phenoxy) is 1. The molecule has 3 rings (SSSR count). The molecule has 0 fully saturated rings. The average Bonchev–Trinajstić information content (AvgIpc) is 2.98. The molecule has 0 bridgehead atoms. The highest BCUT2D eigenvalue weighted by Crippen LogP contribution is 2.24. The van der Waals surface area contributed by atoms with Gasteiger partial charge in [-0.05, 0) is 31.2 Å². The van der Waals surface area contributed by atoms with Crippen LogP contribution in [-0.4, -0.2) is 32.6 Å². The Bertz CT molecular complexity index is 838. The fourth-order valence-corrected chi connectivity index (χ4v) is 2.30. The van der Waals surface area contributed by atoms with Gasteiger partial charge in [0.1, 0.15) is 18.5 Å². The van der Waals surface area contributed by atoms with Crippen LogP contribution >= 0.6 is 0 Å². The smallest absolute Gasteiger partial charge is 0.266 e. The van der Waals surface area contributed by atoms with Crippen LogP contribution in [0.2, 0.25) is 0 Å². The predicted octanol–water partition coefficient (Wildman–Crippen LogP) is 1.47. The summed E-state index contributed by atoms with van der Waals surface area (Å²) in [6, 6.07) is 10.7. The van der Waals surface area contributed by atoms with Gasteiger partial charge in [-0.1, -0.05) is 6.07 Å². The summed E-state index contributed by atoms with van der Waals surface area (Å²) in [5, 5.41) is 15.1. The van der Waals surface area contributed by atoms with Gasteiger partial charge in [-0.15, -0.1) is 0 Å². The molecule has 0 saturated heterocycles. The third-order valence-corrected chi connectivity index (χ3v) is 3.37. The van der Waals surface area contributed by atoms with E-state index in [4.69, 9.17) is 4.74 Å². The molecule has 0 aliphatic heterocycles. The summed E-state index contributed by atoms with van der Waals surface area (Å²) in [6.07, 6.45) is 1.02. The minimum Gasteiger partial charge on any atom is -0.490 e. The standard InChI is InChI=1S/C16H17N3O3/c1-11-5-6-16(21)19(18-11)9-12(20)10-22-15-4-2-3-14-13(15)7-8-17-14/h2-8,12,17,20H,9-10H2,1H3/t12-/m0/s1. The van der Waals surface area contributed by atoms with Crippen molar-refractivity contribution in [2.75, 3.05) is 6.61 Å². The van der Waals surface area contributed by atoms with Gasteiger partial charge in [-0.25, -0.2) is 4.68 Å². The van der Waals surface area contributed by atoms with E-state index >= 15 is 0 Å². The average molecular weight is 299 g/mol. The van der Waals surface area contributed by atoms with Crippen LogP contribution < -0.4 is 10.3 Å². The number of aromatic amines is 1. The molecule has 2 heterocycles. The van der Waals surface area contributed by atoms with E-state index in [1.807, 2.05) is 30.5 Å². The number of H-pyrrole nitrogens is 1. The third-order valence-electron chi connectivity index (χ3n) is 3.37. The number of rotatable bonds is 5. The van der Waals surface area contributed by atoms with E-state index in [-0.39, 0.29) is 18.7 Å². The second-order valence-electron chi connectivity index (χ2n) is 5.15. The molecule has 0 spiro atoms. The number of hydrogen-bond donors (Lipinski definition) is 2. The Labute approximate surface area is 127 Å². The van der Waals surface area contributed by atoms with Gasteiger partial charge in [0.2, 0.25) is 0 Å². The normalized spacial score (nSPS) is 12.5. The van der Waals surface area contributed by atoms with Crippen LogP contribution in [-0.2, 0) is 6.54 Å². The molecule has 0 amide bonds. The largest absolute Gasteiger partial charge is 0.490 e. The lowest BCUT2D eigenvalue weighted by molar-refractivity contribution is 0.0885. The fourth-order valence-electron chi connectivity index (χ4n) is 2.30. The summed E-state index contributed by atoms with van der Waals surface area (Å²) in [7, 11) is 0. The SMILES string of the molecule is Cc1ccc(=O)n(C[C@H](O)COc2cccc3[nH]ccc23)n1. The number of nitrogens with zero attached hydrogens (tertiary/aromatic N) is 2. The first-order valence-corrected chi connectivity index (χ1v) is 7.05. The Kier molecular flexibility index (Phi) is 3.93. The van der Waals surface area contributed by atoms with Gasteiger partial charge in [-0.2, -0.15) is 5.10 Å². The van der Waals surface area contributed by atoms with Crippen LogP contribution in [0, 0.1) is 6.92 Å². The number of benzene rings is 1. The summed E-state index contributed by atoms with van der Waals surface area (Å²) >= 11 is 0. The van der Waals surface area contributed by atoms with Gasteiger partial charge in [0.25, 0.3) is 5.56 Å². The summed E-state index contributed by atoms with van der Waals surface area (Å²) in [6.45, 7) is 1.99. The zero-order valence-electron chi connectivity index (χ0n) is 12.2. The fraction of sp³-hybridized carbons (Fsp3) is 0.250. The summed E-state index contributed by atoms with van der Waals surface area (Å²) in [5.41, 5.74) is 1.46. The number of nitrogens with one attached hydrogen (secondary N) is 1. The van der Waals surface area contributed by atoms with Crippen molar-refractivity contribution in [3.8, 4) is 5.75 Å². The number of aliphatic hydroxyl groups excluding tert-OH is 1. The van der Waals surface area contributed by atoms with Crippen molar-refractivity contribution in [2.24, 2.45) is 0 Å². The third kappa shape index (κ3) is 3.01. The van der Waals surface area contributed by atoms with Crippen molar-refractivity contribution in [1.29, 1.82) is 0 Å². The van der Waals surface area contributed by atoms with Crippen molar-refractivity contribution in [3.05, 3.63) is 58.6 Å². The second-order valence-corrected chi connectivity index (χ2v) is 5.15. The van der Waals surface area contributed by atoms with Crippen molar-refractivity contribution in [3.63, 3.8) is 0 Å². The molecule has 1 aromatic carbocycles. The van der Waals surface area contributed by atoms with E-state index in [1.54, 1.807) is 13.0 Å². The molecule has 0 unspecified atom stereocenters. The van der Waals surface area contributed by atoms with E-state index in [2.05, 4.69) is 10.1 Å². The first kappa shape index (κ1) is 14.3. The molecule has 0 saturated carbocycles. The molecule has 22 heavy (non-hydrogen) atoms. The van der Waals surface area contributed by atoms with Crippen LogP contribution in [0.25, 0.3) is 10.9 Å². The first-order chi connectivity index (χ1) is 10.6. The summed E-state index contributed by atoms with van der Waals surface area (Å²) < 4.78 is 6.92. The summed E-state index contributed by atoms with van der Waals surface area (Å²) in [4.78, 5) is 14.8. The zero-order valence-corrected chi connectivity index (χ0v) is 12.2. The number of fused-ring (bicyclic) bond motifs is 1. The van der Waals surface area contributed by atoms with Crippen LogP contribution in [0.15, 0.2) is 47.4 Å². The van der Waals surface area contributed by atoms with Crippen LogP contribution in [0.1, 0.15) is 5.69 Å². The molecule has 6 nitrogen and oxygen atoms in total. The van der Waals surface area contributed by atoms with Gasteiger partial charge in [0.15, 0.2) is 0 Å². The van der Waals surface area contributed by atoms with Crippen molar-refractivity contribution in [1.82, 2.24) is 14.8 Å². The Morgan fingerprint density at radius 3 is 3.05 bits per heavy atom.